The van der Waals surface area contributed by atoms with E-state index in [9.17, 15) is 9.59 Å². The van der Waals surface area contributed by atoms with Crippen molar-refractivity contribution < 1.29 is 18.7 Å². The number of carbonyl (C=O) groups excluding carboxylic acids is 2. The van der Waals surface area contributed by atoms with E-state index in [4.69, 9.17) is 9.15 Å². The van der Waals surface area contributed by atoms with Crippen molar-refractivity contribution in [2.24, 2.45) is 0 Å². The van der Waals surface area contributed by atoms with Crippen molar-refractivity contribution in [3.63, 3.8) is 0 Å². The fraction of sp³-hybridized carbons (Fsp3) is 0.227. The number of hydrogen-bond donors (Lipinski definition) is 1. The first-order chi connectivity index (χ1) is 13.9. The van der Waals surface area contributed by atoms with E-state index in [0.717, 1.165) is 5.56 Å². The van der Waals surface area contributed by atoms with Crippen LogP contribution in [0.15, 0.2) is 59.0 Å². The Balaban J connectivity index is 1.59. The Morgan fingerprint density at radius 2 is 1.79 bits per heavy atom. The summed E-state index contributed by atoms with van der Waals surface area (Å²) in [6, 6.07) is 16.1. The van der Waals surface area contributed by atoms with Crippen LogP contribution in [-0.4, -0.2) is 28.9 Å². The number of nitrogens with one attached hydrogen (secondary N) is 1. The maximum atomic E-state index is 13.1. The van der Waals surface area contributed by atoms with Crippen LogP contribution in [0, 0.1) is 6.92 Å². The van der Waals surface area contributed by atoms with E-state index in [2.05, 4.69) is 10.3 Å². The number of amides is 3. The topological polar surface area (TPSA) is 84.7 Å². The van der Waals surface area contributed by atoms with E-state index in [1.165, 1.54) is 4.90 Å². The molecular weight excluding hydrogens is 370 g/mol. The fourth-order valence-electron chi connectivity index (χ4n) is 3.39. The van der Waals surface area contributed by atoms with Gasteiger partial charge in [0.05, 0.1) is 13.7 Å². The van der Waals surface area contributed by atoms with Crippen LogP contribution in [0.4, 0.5) is 4.79 Å². The van der Waals surface area contributed by atoms with Crippen LogP contribution < -0.4 is 10.1 Å². The molecule has 3 amide bonds. The lowest BCUT2D eigenvalue weighted by molar-refractivity contribution is -0.131. The van der Waals surface area contributed by atoms with Crippen molar-refractivity contribution in [1.82, 2.24) is 15.2 Å². The van der Waals surface area contributed by atoms with E-state index in [0.29, 0.717) is 28.7 Å². The Bertz CT molecular complexity index is 1060. The number of hydrogen-bond acceptors (Lipinski definition) is 5. The highest BCUT2D eigenvalue weighted by Gasteiger charge is 2.49. The molecule has 148 valence electrons. The second-order valence-corrected chi connectivity index (χ2v) is 7.06. The van der Waals surface area contributed by atoms with Gasteiger partial charge in [-0.05, 0) is 43.7 Å². The molecule has 0 bridgehead atoms. The minimum atomic E-state index is -1.15. The second-order valence-electron chi connectivity index (χ2n) is 7.06. The number of aromatic nitrogens is 1. The number of nitrogens with zero attached hydrogens (tertiary/aromatic N) is 2. The molecule has 2 heterocycles. The number of aryl methyl sites for hydroxylation is 1. The van der Waals surface area contributed by atoms with E-state index >= 15 is 0 Å². The van der Waals surface area contributed by atoms with Crippen LogP contribution >= 0.6 is 0 Å². The summed E-state index contributed by atoms with van der Waals surface area (Å²) in [7, 11) is 1.57. The Morgan fingerprint density at radius 1 is 1.10 bits per heavy atom. The third-order valence-corrected chi connectivity index (χ3v) is 5.16. The summed E-state index contributed by atoms with van der Waals surface area (Å²) in [5, 5.41) is 2.80. The number of carbonyl (C=O) groups is 2. The van der Waals surface area contributed by atoms with E-state index in [1.54, 1.807) is 45.2 Å². The smallest absolute Gasteiger partial charge is 0.325 e. The first-order valence-corrected chi connectivity index (χ1v) is 9.23. The number of oxazole rings is 1. The summed E-state index contributed by atoms with van der Waals surface area (Å²) in [5.74, 6) is 1.37. The van der Waals surface area contributed by atoms with Crippen LogP contribution in [0.3, 0.4) is 0 Å². The molecule has 1 aliphatic rings. The van der Waals surface area contributed by atoms with Crippen molar-refractivity contribution in [3.8, 4) is 17.2 Å². The highest BCUT2D eigenvalue weighted by atomic mass is 16.5. The molecule has 1 fully saturated rings. The van der Waals surface area contributed by atoms with Crippen molar-refractivity contribution in [3.05, 3.63) is 71.6 Å². The monoisotopic (exact) mass is 391 g/mol. The average molecular weight is 391 g/mol. The van der Waals surface area contributed by atoms with Crippen LogP contribution in [0.1, 0.15) is 23.9 Å². The molecule has 1 atom stereocenters. The minimum Gasteiger partial charge on any atom is -0.497 e. The molecule has 0 aliphatic carbocycles. The minimum absolute atomic E-state index is 0.0403. The van der Waals surface area contributed by atoms with Crippen molar-refractivity contribution in [1.29, 1.82) is 0 Å². The molecule has 4 rings (SSSR count). The zero-order valence-corrected chi connectivity index (χ0v) is 16.4. The third-order valence-electron chi connectivity index (χ3n) is 5.16. The largest absolute Gasteiger partial charge is 0.497 e. The molecule has 1 unspecified atom stereocenters. The fourth-order valence-corrected chi connectivity index (χ4v) is 3.39. The van der Waals surface area contributed by atoms with Crippen LogP contribution in [0.25, 0.3) is 11.5 Å². The molecule has 1 aromatic heterocycles. The maximum Gasteiger partial charge on any atom is 0.325 e. The molecular formula is C22H21N3O4. The highest BCUT2D eigenvalue weighted by molar-refractivity contribution is 6.07. The zero-order valence-electron chi connectivity index (χ0n) is 16.4. The number of ether oxygens (including phenoxy) is 1. The quantitative estimate of drug-likeness (QED) is 0.672. The van der Waals surface area contributed by atoms with Gasteiger partial charge in [0.25, 0.3) is 5.91 Å². The van der Waals surface area contributed by atoms with Gasteiger partial charge in [0.15, 0.2) is 0 Å². The molecule has 1 N–H and O–H groups in total. The van der Waals surface area contributed by atoms with Gasteiger partial charge < -0.3 is 14.5 Å². The summed E-state index contributed by atoms with van der Waals surface area (Å²) < 4.78 is 10.9. The third kappa shape index (κ3) is 3.24. The summed E-state index contributed by atoms with van der Waals surface area (Å²) in [5.41, 5.74) is 0.915. The van der Waals surface area contributed by atoms with Crippen molar-refractivity contribution in [2.45, 2.75) is 25.9 Å². The molecule has 3 aromatic rings. The molecule has 1 aliphatic heterocycles. The van der Waals surface area contributed by atoms with E-state index < -0.39 is 11.6 Å². The summed E-state index contributed by atoms with van der Waals surface area (Å²) in [6.45, 7) is 3.51. The standard InChI is InChI=1S/C22H21N3O4/c1-14-18(23-19(29-14)15-7-5-4-6-8-15)13-25-20(26)22(2,24-21(25)27)16-9-11-17(28-3)12-10-16/h4-12H,13H2,1-3H3,(H,24,27). The maximum absolute atomic E-state index is 13.1. The van der Waals surface area contributed by atoms with Gasteiger partial charge in [-0.3, -0.25) is 9.69 Å². The van der Waals surface area contributed by atoms with Gasteiger partial charge >= 0.3 is 6.03 Å². The molecule has 0 spiro atoms. The van der Waals surface area contributed by atoms with Crippen molar-refractivity contribution in [2.75, 3.05) is 7.11 Å². The van der Waals surface area contributed by atoms with E-state index in [-0.39, 0.29) is 12.5 Å². The first kappa shape index (κ1) is 18.7. The van der Waals surface area contributed by atoms with Gasteiger partial charge in [-0.2, -0.15) is 0 Å². The SMILES string of the molecule is COc1ccc(C2(C)NC(=O)N(Cc3nc(-c4ccccc4)oc3C)C2=O)cc1. The molecule has 7 heteroatoms. The Kier molecular flexibility index (Phi) is 4.58. The highest BCUT2D eigenvalue weighted by Crippen LogP contribution is 2.31. The molecule has 7 nitrogen and oxygen atoms in total. The molecule has 0 radical (unpaired) electrons. The van der Waals surface area contributed by atoms with Crippen LogP contribution in [-0.2, 0) is 16.9 Å². The lowest BCUT2D eigenvalue weighted by Gasteiger charge is -2.22. The van der Waals surface area contributed by atoms with Gasteiger partial charge in [-0.1, -0.05) is 30.3 Å². The molecule has 0 saturated carbocycles. The number of methoxy groups -OCH3 is 1. The average Bonchev–Trinajstić information content (AvgIpc) is 3.21. The molecule has 29 heavy (non-hydrogen) atoms. The number of benzene rings is 2. The number of rotatable bonds is 5. The second kappa shape index (κ2) is 7.09. The Morgan fingerprint density at radius 3 is 2.45 bits per heavy atom. The predicted molar refractivity (Wildman–Crippen MR) is 106 cm³/mol. The summed E-state index contributed by atoms with van der Waals surface area (Å²) in [4.78, 5) is 31.4. The molecule has 1 saturated heterocycles. The number of urea groups is 1. The summed E-state index contributed by atoms with van der Waals surface area (Å²) >= 11 is 0. The number of imide groups is 1. The lowest BCUT2D eigenvalue weighted by atomic mass is 9.92. The Hall–Kier alpha value is -3.61. The normalized spacial score (nSPS) is 18.8. The van der Waals surface area contributed by atoms with Gasteiger partial charge in [-0.15, -0.1) is 0 Å². The lowest BCUT2D eigenvalue weighted by Crippen LogP contribution is -2.40. The Labute approximate surface area is 168 Å². The first-order valence-electron chi connectivity index (χ1n) is 9.23. The van der Waals surface area contributed by atoms with Gasteiger partial charge in [-0.25, -0.2) is 9.78 Å². The molecule has 2 aromatic carbocycles. The van der Waals surface area contributed by atoms with Gasteiger partial charge in [0, 0.05) is 5.56 Å². The van der Waals surface area contributed by atoms with E-state index in [1.807, 2.05) is 30.3 Å². The zero-order chi connectivity index (χ0) is 20.6. The van der Waals surface area contributed by atoms with Crippen molar-refractivity contribution >= 4 is 11.9 Å². The predicted octanol–water partition coefficient (Wildman–Crippen LogP) is 3.63. The summed E-state index contributed by atoms with van der Waals surface area (Å²) in [6.07, 6.45) is 0. The van der Waals surface area contributed by atoms with Crippen LogP contribution in [0.2, 0.25) is 0 Å². The van der Waals surface area contributed by atoms with Crippen LogP contribution in [0.5, 0.6) is 5.75 Å². The van der Waals surface area contributed by atoms with Gasteiger partial charge in [0.2, 0.25) is 5.89 Å². The van der Waals surface area contributed by atoms with Gasteiger partial charge in [0.1, 0.15) is 22.7 Å².